The number of thiazole rings is 1. The first-order chi connectivity index (χ1) is 17.0. The largest absolute Gasteiger partial charge is 0.376 e. The number of ether oxygens (including phenoxy) is 1. The van der Waals surface area contributed by atoms with Gasteiger partial charge in [-0.25, -0.2) is 9.97 Å². The van der Waals surface area contributed by atoms with Crippen LogP contribution in [0.4, 0.5) is 5.13 Å². The zero-order valence-corrected chi connectivity index (χ0v) is 20.4. The third kappa shape index (κ3) is 5.10. The summed E-state index contributed by atoms with van der Waals surface area (Å²) >= 11 is 1.19. The van der Waals surface area contributed by atoms with Crippen LogP contribution < -0.4 is 10.2 Å². The molecule has 0 saturated carbocycles. The zero-order valence-electron chi connectivity index (χ0n) is 19.6. The van der Waals surface area contributed by atoms with E-state index in [9.17, 15) is 9.59 Å². The highest BCUT2D eigenvalue weighted by Crippen LogP contribution is 2.26. The van der Waals surface area contributed by atoms with Gasteiger partial charge >= 0.3 is 0 Å². The molecule has 5 heterocycles. The molecule has 1 aliphatic heterocycles. The molecular weight excluding hydrogens is 468 g/mol. The van der Waals surface area contributed by atoms with Crippen molar-refractivity contribution in [2.24, 2.45) is 0 Å². The van der Waals surface area contributed by atoms with E-state index < -0.39 is 0 Å². The van der Waals surface area contributed by atoms with E-state index in [0.29, 0.717) is 41.2 Å². The zero-order chi connectivity index (χ0) is 24.4. The molecule has 11 heteroatoms. The average molecular weight is 495 g/mol. The SMILES string of the molecule is Cc1noc(C)c1CC(=O)N(C[C@H]1CCCO1)c1ncc(C(=O)NCc2ccn3ccnc3c2)s1. The minimum atomic E-state index is -0.243. The molecule has 0 radical (unpaired) electrons. The third-order valence-electron chi connectivity index (χ3n) is 6.08. The molecular formula is C24H26N6O4S. The molecule has 1 atom stereocenters. The summed E-state index contributed by atoms with van der Waals surface area (Å²) in [7, 11) is 0. The number of hydrogen-bond donors (Lipinski definition) is 1. The fourth-order valence-corrected chi connectivity index (χ4v) is 4.96. The van der Waals surface area contributed by atoms with Crippen LogP contribution in [0, 0.1) is 13.8 Å². The molecule has 5 rings (SSSR count). The molecule has 1 fully saturated rings. The average Bonchev–Trinajstić information content (AvgIpc) is 3.66. The van der Waals surface area contributed by atoms with Crippen molar-refractivity contribution in [1.29, 1.82) is 0 Å². The van der Waals surface area contributed by atoms with Crippen LogP contribution in [-0.4, -0.2) is 50.6 Å². The minimum absolute atomic E-state index is 0.0534. The van der Waals surface area contributed by atoms with Crippen molar-refractivity contribution in [1.82, 2.24) is 24.8 Å². The Morgan fingerprint density at radius 1 is 1.29 bits per heavy atom. The molecule has 0 bridgehead atoms. The van der Waals surface area contributed by atoms with Gasteiger partial charge in [0.25, 0.3) is 5.91 Å². The summed E-state index contributed by atoms with van der Waals surface area (Å²) in [5.74, 6) is 0.247. The van der Waals surface area contributed by atoms with Crippen LogP contribution in [0.5, 0.6) is 0 Å². The second-order valence-corrected chi connectivity index (χ2v) is 9.55. The van der Waals surface area contributed by atoms with E-state index in [-0.39, 0.29) is 24.3 Å². The van der Waals surface area contributed by atoms with Crippen molar-refractivity contribution < 1.29 is 18.8 Å². The topological polar surface area (TPSA) is 115 Å². The number of aryl methyl sites for hydroxylation is 2. The Balaban J connectivity index is 1.29. The van der Waals surface area contributed by atoms with Crippen molar-refractivity contribution in [2.45, 2.75) is 45.8 Å². The molecule has 1 N–H and O–H groups in total. The Hall–Kier alpha value is -3.57. The van der Waals surface area contributed by atoms with Crippen LogP contribution in [0.1, 0.15) is 45.1 Å². The predicted molar refractivity (Wildman–Crippen MR) is 129 cm³/mol. The predicted octanol–water partition coefficient (Wildman–Crippen LogP) is 3.08. The monoisotopic (exact) mass is 494 g/mol. The number of amides is 2. The quantitative estimate of drug-likeness (QED) is 0.400. The fourth-order valence-electron chi connectivity index (χ4n) is 4.11. The maximum atomic E-state index is 13.3. The number of pyridine rings is 1. The van der Waals surface area contributed by atoms with Crippen molar-refractivity contribution in [3.8, 4) is 0 Å². The summed E-state index contributed by atoms with van der Waals surface area (Å²) in [5.41, 5.74) is 3.23. The molecule has 0 aliphatic carbocycles. The van der Waals surface area contributed by atoms with Gasteiger partial charge < -0.3 is 19.0 Å². The van der Waals surface area contributed by atoms with Gasteiger partial charge in [-0.05, 0) is 44.4 Å². The number of anilines is 1. The maximum absolute atomic E-state index is 13.3. The second-order valence-electron chi connectivity index (χ2n) is 8.54. The van der Waals surface area contributed by atoms with Crippen molar-refractivity contribution in [3.05, 3.63) is 64.4 Å². The Bertz CT molecular complexity index is 1330. The van der Waals surface area contributed by atoms with Gasteiger partial charge in [-0.2, -0.15) is 0 Å². The molecule has 35 heavy (non-hydrogen) atoms. The van der Waals surface area contributed by atoms with Gasteiger partial charge in [-0.15, -0.1) is 0 Å². The van der Waals surface area contributed by atoms with Crippen LogP contribution >= 0.6 is 11.3 Å². The highest BCUT2D eigenvalue weighted by atomic mass is 32.1. The maximum Gasteiger partial charge on any atom is 0.263 e. The van der Waals surface area contributed by atoms with Gasteiger partial charge in [-0.1, -0.05) is 16.5 Å². The first-order valence-corrected chi connectivity index (χ1v) is 12.3. The van der Waals surface area contributed by atoms with Crippen molar-refractivity contribution >= 4 is 33.9 Å². The van der Waals surface area contributed by atoms with Crippen molar-refractivity contribution in [2.75, 3.05) is 18.1 Å². The van der Waals surface area contributed by atoms with E-state index in [2.05, 4.69) is 20.4 Å². The van der Waals surface area contributed by atoms with Crippen LogP contribution in [0.3, 0.4) is 0 Å². The Kier molecular flexibility index (Phi) is 6.60. The molecule has 4 aromatic heterocycles. The van der Waals surface area contributed by atoms with E-state index >= 15 is 0 Å². The number of fused-ring (bicyclic) bond motifs is 1. The lowest BCUT2D eigenvalue weighted by Gasteiger charge is -2.23. The van der Waals surface area contributed by atoms with E-state index in [1.54, 1.807) is 18.0 Å². The van der Waals surface area contributed by atoms with E-state index in [1.807, 2.05) is 35.9 Å². The molecule has 1 aliphatic rings. The molecule has 0 aromatic carbocycles. The van der Waals surface area contributed by atoms with Crippen LogP contribution in [0.15, 0.2) is 41.4 Å². The summed E-state index contributed by atoms with van der Waals surface area (Å²) in [4.78, 5) is 36.9. The summed E-state index contributed by atoms with van der Waals surface area (Å²) in [6.07, 6.45) is 8.95. The number of aromatic nitrogens is 4. The molecule has 0 spiro atoms. The Morgan fingerprint density at radius 2 is 2.17 bits per heavy atom. The summed E-state index contributed by atoms with van der Waals surface area (Å²) in [5, 5.41) is 7.35. The lowest BCUT2D eigenvalue weighted by Crippen LogP contribution is -2.38. The number of imidazole rings is 1. The Labute approximate surface area is 205 Å². The van der Waals surface area contributed by atoms with E-state index in [0.717, 1.165) is 29.6 Å². The van der Waals surface area contributed by atoms with E-state index in [4.69, 9.17) is 9.26 Å². The summed E-state index contributed by atoms with van der Waals surface area (Å²) in [6, 6.07) is 3.86. The summed E-state index contributed by atoms with van der Waals surface area (Å²) in [6.45, 7) is 5.05. The molecule has 4 aromatic rings. The van der Waals surface area contributed by atoms with Gasteiger partial charge in [0.05, 0.1) is 31.0 Å². The molecule has 1 saturated heterocycles. The van der Waals surface area contributed by atoms with Gasteiger partial charge in [-0.3, -0.25) is 14.5 Å². The van der Waals surface area contributed by atoms with Gasteiger partial charge in [0.2, 0.25) is 5.91 Å². The number of carbonyl (C=O) groups is 2. The first kappa shape index (κ1) is 23.2. The van der Waals surface area contributed by atoms with Crippen LogP contribution in [-0.2, 0) is 22.5 Å². The van der Waals surface area contributed by atoms with Gasteiger partial charge in [0.1, 0.15) is 16.3 Å². The number of carbonyl (C=O) groups excluding carboxylic acids is 2. The van der Waals surface area contributed by atoms with Crippen LogP contribution in [0.2, 0.25) is 0 Å². The van der Waals surface area contributed by atoms with Crippen molar-refractivity contribution in [3.63, 3.8) is 0 Å². The molecule has 0 unspecified atom stereocenters. The second kappa shape index (κ2) is 9.96. The lowest BCUT2D eigenvalue weighted by molar-refractivity contribution is -0.118. The number of hydrogen-bond acceptors (Lipinski definition) is 8. The number of nitrogens with zero attached hydrogens (tertiary/aromatic N) is 5. The standard InChI is InChI=1S/C24H26N6O4S/c1-15-19(16(2)34-28-15)11-22(31)30(14-18-4-3-9-33-18)24-27-13-20(35-24)23(32)26-12-17-5-7-29-8-6-25-21(29)10-17/h5-8,10,13,18H,3-4,9,11-12,14H2,1-2H3,(H,26,32)/t18-/m1/s1. The number of rotatable bonds is 8. The minimum Gasteiger partial charge on any atom is -0.376 e. The molecule has 182 valence electrons. The highest BCUT2D eigenvalue weighted by molar-refractivity contribution is 7.17. The summed E-state index contributed by atoms with van der Waals surface area (Å²) < 4.78 is 12.9. The van der Waals surface area contributed by atoms with E-state index in [1.165, 1.54) is 17.5 Å². The normalized spacial score (nSPS) is 15.5. The Morgan fingerprint density at radius 3 is 2.94 bits per heavy atom. The molecule has 10 nitrogen and oxygen atoms in total. The molecule has 2 amide bonds. The van der Waals surface area contributed by atoms with Gasteiger partial charge in [0, 0.05) is 37.3 Å². The third-order valence-corrected chi connectivity index (χ3v) is 7.10. The van der Waals surface area contributed by atoms with Gasteiger partial charge in [0.15, 0.2) is 5.13 Å². The van der Waals surface area contributed by atoms with Crippen LogP contribution in [0.25, 0.3) is 5.65 Å². The fraction of sp³-hybridized carbons (Fsp3) is 0.375. The lowest BCUT2D eigenvalue weighted by atomic mass is 10.1. The first-order valence-electron chi connectivity index (χ1n) is 11.5. The highest BCUT2D eigenvalue weighted by Gasteiger charge is 2.28. The smallest absolute Gasteiger partial charge is 0.263 e. The number of nitrogens with one attached hydrogen (secondary N) is 1.